The Balaban J connectivity index is 2.15. The summed E-state index contributed by atoms with van der Waals surface area (Å²) in [4.78, 5) is 2.46. The Bertz CT molecular complexity index is 167. The molecule has 16 heavy (non-hydrogen) atoms. The molecule has 0 radical (unpaired) electrons. The fourth-order valence-electron chi connectivity index (χ4n) is 2.49. The van der Waals surface area contributed by atoms with Crippen molar-refractivity contribution in [2.45, 2.75) is 51.1 Å². The van der Waals surface area contributed by atoms with Crippen LogP contribution in [0.4, 0.5) is 0 Å². The van der Waals surface area contributed by atoms with Gasteiger partial charge in [0.2, 0.25) is 0 Å². The Morgan fingerprint density at radius 1 is 1.25 bits per heavy atom. The molecule has 0 heterocycles. The summed E-state index contributed by atoms with van der Waals surface area (Å²) < 4.78 is 5.12. The van der Waals surface area contributed by atoms with Crippen molar-refractivity contribution in [2.24, 2.45) is 0 Å². The number of ether oxygens (including phenoxy) is 1. The monoisotopic (exact) mass is 228 g/mol. The highest BCUT2D eigenvalue weighted by Gasteiger charge is 2.22. The summed E-state index contributed by atoms with van der Waals surface area (Å²) in [5.41, 5.74) is 0. The minimum atomic E-state index is 0.770. The van der Waals surface area contributed by atoms with Gasteiger partial charge in [-0.05, 0) is 45.7 Å². The first-order valence-electron chi connectivity index (χ1n) is 6.70. The van der Waals surface area contributed by atoms with Crippen LogP contribution in [0, 0.1) is 0 Å². The molecule has 1 aliphatic carbocycles. The fourth-order valence-corrected chi connectivity index (χ4v) is 2.49. The zero-order valence-electron chi connectivity index (χ0n) is 11.2. The van der Waals surface area contributed by atoms with Crippen LogP contribution in [0.5, 0.6) is 0 Å². The first kappa shape index (κ1) is 13.9. The summed E-state index contributed by atoms with van der Waals surface area (Å²) in [6.45, 7) is 5.32. The van der Waals surface area contributed by atoms with Crippen molar-refractivity contribution in [1.29, 1.82) is 0 Å². The van der Waals surface area contributed by atoms with Crippen molar-refractivity contribution >= 4 is 0 Å². The number of hydrogen-bond acceptors (Lipinski definition) is 3. The topological polar surface area (TPSA) is 24.5 Å². The SMILES string of the molecule is CCCNC1CCC(N(C)CCOC)CC1. The third kappa shape index (κ3) is 4.81. The second kappa shape index (κ2) is 8.04. The second-order valence-corrected chi connectivity index (χ2v) is 4.93. The molecule has 0 bridgehead atoms. The third-order valence-electron chi connectivity index (χ3n) is 3.65. The maximum absolute atomic E-state index is 5.12. The van der Waals surface area contributed by atoms with Gasteiger partial charge in [-0.15, -0.1) is 0 Å². The van der Waals surface area contributed by atoms with E-state index < -0.39 is 0 Å². The summed E-state index contributed by atoms with van der Waals surface area (Å²) in [6, 6.07) is 1.54. The summed E-state index contributed by atoms with van der Waals surface area (Å²) >= 11 is 0. The lowest BCUT2D eigenvalue weighted by Crippen LogP contribution is -2.42. The maximum atomic E-state index is 5.12. The van der Waals surface area contributed by atoms with Crippen LogP contribution in [0.15, 0.2) is 0 Å². The Kier molecular flexibility index (Phi) is 7.01. The predicted octanol–water partition coefficient (Wildman–Crippen LogP) is 1.88. The molecule has 0 aliphatic heterocycles. The van der Waals surface area contributed by atoms with Gasteiger partial charge in [-0.25, -0.2) is 0 Å². The number of rotatable bonds is 7. The Morgan fingerprint density at radius 3 is 2.50 bits per heavy atom. The summed E-state index contributed by atoms with van der Waals surface area (Å²) in [7, 11) is 4.00. The molecule has 3 nitrogen and oxygen atoms in total. The number of likely N-dealkylation sites (N-methyl/N-ethyl adjacent to an activating group) is 1. The highest BCUT2D eigenvalue weighted by molar-refractivity contribution is 4.81. The van der Waals surface area contributed by atoms with E-state index in [4.69, 9.17) is 4.74 Å². The lowest BCUT2D eigenvalue weighted by atomic mass is 9.90. The van der Waals surface area contributed by atoms with Crippen molar-refractivity contribution in [3.05, 3.63) is 0 Å². The molecule has 96 valence electrons. The van der Waals surface area contributed by atoms with E-state index in [-0.39, 0.29) is 0 Å². The number of nitrogens with one attached hydrogen (secondary N) is 1. The van der Waals surface area contributed by atoms with E-state index in [1.165, 1.54) is 38.6 Å². The maximum Gasteiger partial charge on any atom is 0.0589 e. The molecule has 1 aliphatic rings. The Morgan fingerprint density at radius 2 is 1.94 bits per heavy atom. The average molecular weight is 228 g/mol. The van der Waals surface area contributed by atoms with Gasteiger partial charge in [0.15, 0.2) is 0 Å². The first-order chi connectivity index (χ1) is 7.77. The molecule has 1 fully saturated rings. The predicted molar refractivity (Wildman–Crippen MR) is 68.8 cm³/mol. The molecular weight excluding hydrogens is 200 g/mol. The van der Waals surface area contributed by atoms with Gasteiger partial charge in [0, 0.05) is 25.7 Å². The van der Waals surface area contributed by atoms with Crippen molar-refractivity contribution in [3.8, 4) is 0 Å². The van der Waals surface area contributed by atoms with Crippen LogP contribution in [0.2, 0.25) is 0 Å². The van der Waals surface area contributed by atoms with E-state index in [0.717, 1.165) is 25.2 Å². The molecule has 0 unspecified atom stereocenters. The van der Waals surface area contributed by atoms with Crippen LogP contribution in [-0.4, -0.2) is 50.8 Å². The zero-order valence-corrected chi connectivity index (χ0v) is 11.2. The van der Waals surface area contributed by atoms with Gasteiger partial charge in [0.05, 0.1) is 6.61 Å². The lowest BCUT2D eigenvalue weighted by molar-refractivity contribution is 0.117. The summed E-state index contributed by atoms with van der Waals surface area (Å²) in [5.74, 6) is 0. The van der Waals surface area contributed by atoms with Crippen molar-refractivity contribution in [1.82, 2.24) is 10.2 Å². The molecular formula is C13H28N2O. The third-order valence-corrected chi connectivity index (χ3v) is 3.65. The van der Waals surface area contributed by atoms with Crippen LogP contribution in [0.25, 0.3) is 0 Å². The molecule has 3 heteroatoms. The van der Waals surface area contributed by atoms with Gasteiger partial charge in [-0.3, -0.25) is 0 Å². The molecule has 1 rings (SSSR count). The molecule has 0 spiro atoms. The number of nitrogens with zero attached hydrogens (tertiary/aromatic N) is 1. The van der Waals surface area contributed by atoms with Gasteiger partial charge in [-0.2, -0.15) is 0 Å². The molecule has 0 amide bonds. The van der Waals surface area contributed by atoms with Gasteiger partial charge in [0.25, 0.3) is 0 Å². The molecule has 0 aromatic heterocycles. The molecule has 0 atom stereocenters. The van der Waals surface area contributed by atoms with Gasteiger partial charge in [0.1, 0.15) is 0 Å². The van der Waals surface area contributed by atoms with Crippen LogP contribution >= 0.6 is 0 Å². The smallest absolute Gasteiger partial charge is 0.0589 e. The fraction of sp³-hybridized carbons (Fsp3) is 1.00. The van der Waals surface area contributed by atoms with Crippen LogP contribution in [0.3, 0.4) is 0 Å². The van der Waals surface area contributed by atoms with Gasteiger partial charge in [-0.1, -0.05) is 6.92 Å². The standard InChI is InChI=1S/C13H28N2O/c1-4-9-14-12-5-7-13(8-6-12)15(2)10-11-16-3/h12-14H,4-11H2,1-3H3. The summed E-state index contributed by atoms with van der Waals surface area (Å²) in [6.07, 6.45) is 6.58. The van der Waals surface area contributed by atoms with E-state index in [1.807, 2.05) is 0 Å². The Hall–Kier alpha value is -0.120. The molecule has 1 saturated carbocycles. The second-order valence-electron chi connectivity index (χ2n) is 4.93. The molecule has 0 aromatic rings. The van der Waals surface area contributed by atoms with E-state index in [9.17, 15) is 0 Å². The van der Waals surface area contributed by atoms with Crippen molar-refractivity contribution < 1.29 is 4.74 Å². The first-order valence-corrected chi connectivity index (χ1v) is 6.70. The zero-order chi connectivity index (χ0) is 11.8. The quantitative estimate of drug-likeness (QED) is 0.720. The van der Waals surface area contributed by atoms with Crippen molar-refractivity contribution in [3.63, 3.8) is 0 Å². The van der Waals surface area contributed by atoms with E-state index in [0.29, 0.717) is 0 Å². The Labute approximate surface area is 101 Å². The number of hydrogen-bond donors (Lipinski definition) is 1. The minimum absolute atomic E-state index is 0.770. The molecule has 0 aromatic carbocycles. The van der Waals surface area contributed by atoms with Crippen LogP contribution in [-0.2, 0) is 4.74 Å². The largest absolute Gasteiger partial charge is 0.383 e. The average Bonchev–Trinajstić information content (AvgIpc) is 2.34. The molecule has 1 N–H and O–H groups in total. The number of methoxy groups -OCH3 is 1. The minimum Gasteiger partial charge on any atom is -0.383 e. The highest BCUT2D eigenvalue weighted by atomic mass is 16.5. The normalized spacial score (nSPS) is 26.2. The van der Waals surface area contributed by atoms with Crippen LogP contribution < -0.4 is 5.32 Å². The lowest BCUT2D eigenvalue weighted by Gasteiger charge is -2.35. The van der Waals surface area contributed by atoms with Gasteiger partial charge < -0.3 is 15.0 Å². The van der Waals surface area contributed by atoms with E-state index >= 15 is 0 Å². The molecule has 0 saturated heterocycles. The summed E-state index contributed by atoms with van der Waals surface area (Å²) in [5, 5.41) is 3.63. The van der Waals surface area contributed by atoms with E-state index in [2.05, 4.69) is 24.2 Å². The van der Waals surface area contributed by atoms with Gasteiger partial charge >= 0.3 is 0 Å². The van der Waals surface area contributed by atoms with E-state index in [1.54, 1.807) is 7.11 Å². The highest BCUT2D eigenvalue weighted by Crippen LogP contribution is 2.22. The van der Waals surface area contributed by atoms with Crippen molar-refractivity contribution in [2.75, 3.05) is 33.9 Å². The van der Waals surface area contributed by atoms with Crippen LogP contribution in [0.1, 0.15) is 39.0 Å².